The normalized spacial score (nSPS) is 21.6. The summed E-state index contributed by atoms with van der Waals surface area (Å²) in [5.41, 5.74) is 6.65. The van der Waals surface area contributed by atoms with Crippen molar-refractivity contribution in [2.75, 3.05) is 24.5 Å². The highest BCUT2D eigenvalue weighted by molar-refractivity contribution is 5.43. The molecule has 2 rings (SSSR count). The molecule has 1 aromatic rings. The first-order chi connectivity index (χ1) is 6.81. The van der Waals surface area contributed by atoms with Crippen molar-refractivity contribution in [2.24, 2.45) is 11.7 Å². The van der Waals surface area contributed by atoms with Crippen LogP contribution in [0.4, 0.5) is 5.82 Å². The van der Waals surface area contributed by atoms with Crippen molar-refractivity contribution in [3.8, 4) is 0 Å². The molecule has 1 aliphatic heterocycles. The first-order valence-corrected chi connectivity index (χ1v) is 5.04. The van der Waals surface area contributed by atoms with Crippen LogP contribution < -0.4 is 10.6 Å². The second kappa shape index (κ2) is 3.92. The lowest BCUT2D eigenvalue weighted by Gasteiger charge is -2.18. The summed E-state index contributed by atoms with van der Waals surface area (Å²) >= 11 is 0. The van der Waals surface area contributed by atoms with E-state index in [2.05, 4.69) is 14.9 Å². The molecule has 2 heterocycles. The third-order valence-electron chi connectivity index (χ3n) is 2.77. The van der Waals surface area contributed by atoms with Crippen LogP contribution in [0.5, 0.6) is 0 Å². The predicted octanol–water partition coefficient (Wildman–Crippen LogP) is 0.570. The maximum Gasteiger partial charge on any atom is 0.150 e. The number of nitrogens with two attached hydrogens (primary N) is 1. The Labute approximate surface area is 84.2 Å². The van der Waals surface area contributed by atoms with Crippen LogP contribution in [0.25, 0.3) is 0 Å². The molecule has 0 saturated carbocycles. The monoisotopic (exact) mass is 192 g/mol. The molecule has 1 atom stereocenters. The fourth-order valence-electron chi connectivity index (χ4n) is 1.93. The number of anilines is 1. The highest BCUT2D eigenvalue weighted by Crippen LogP contribution is 2.22. The van der Waals surface area contributed by atoms with Crippen molar-refractivity contribution in [3.05, 3.63) is 18.1 Å². The summed E-state index contributed by atoms with van der Waals surface area (Å²) in [4.78, 5) is 10.9. The fraction of sp³-hybridized carbons (Fsp3) is 0.600. The molecule has 0 unspecified atom stereocenters. The number of aryl methyl sites for hydroxylation is 1. The van der Waals surface area contributed by atoms with Gasteiger partial charge in [-0.15, -0.1) is 0 Å². The lowest BCUT2D eigenvalue weighted by atomic mass is 10.1. The van der Waals surface area contributed by atoms with E-state index >= 15 is 0 Å². The molecule has 4 nitrogen and oxygen atoms in total. The largest absolute Gasteiger partial charge is 0.355 e. The number of hydrogen-bond donors (Lipinski definition) is 1. The average Bonchev–Trinajstić information content (AvgIpc) is 2.67. The minimum absolute atomic E-state index is 0.622. The van der Waals surface area contributed by atoms with Gasteiger partial charge in [-0.2, -0.15) is 0 Å². The summed E-state index contributed by atoms with van der Waals surface area (Å²) in [7, 11) is 0. The highest BCUT2D eigenvalue weighted by Gasteiger charge is 2.23. The van der Waals surface area contributed by atoms with Crippen LogP contribution in [0.2, 0.25) is 0 Å². The van der Waals surface area contributed by atoms with Crippen LogP contribution in [-0.4, -0.2) is 29.6 Å². The van der Waals surface area contributed by atoms with E-state index < -0.39 is 0 Å². The van der Waals surface area contributed by atoms with Crippen molar-refractivity contribution in [2.45, 2.75) is 13.3 Å². The fourth-order valence-corrected chi connectivity index (χ4v) is 1.93. The van der Waals surface area contributed by atoms with Crippen LogP contribution in [0.15, 0.2) is 12.4 Å². The molecule has 0 aromatic carbocycles. The molecular formula is C10H16N4. The van der Waals surface area contributed by atoms with E-state index in [1.807, 2.05) is 6.92 Å². The van der Waals surface area contributed by atoms with Crippen molar-refractivity contribution in [3.63, 3.8) is 0 Å². The Balaban J connectivity index is 2.13. The summed E-state index contributed by atoms with van der Waals surface area (Å²) in [5, 5.41) is 0. The van der Waals surface area contributed by atoms with Gasteiger partial charge >= 0.3 is 0 Å². The van der Waals surface area contributed by atoms with E-state index in [-0.39, 0.29) is 0 Å². The van der Waals surface area contributed by atoms with Crippen molar-refractivity contribution in [1.29, 1.82) is 0 Å². The first kappa shape index (κ1) is 9.40. The molecule has 0 aliphatic carbocycles. The summed E-state index contributed by atoms with van der Waals surface area (Å²) in [6.07, 6.45) is 4.65. The zero-order valence-corrected chi connectivity index (χ0v) is 8.48. The van der Waals surface area contributed by atoms with Crippen LogP contribution in [-0.2, 0) is 0 Å². The SMILES string of the molecule is Cc1nccnc1N1CC[C@H](CN)C1. The minimum Gasteiger partial charge on any atom is -0.355 e. The van der Waals surface area contributed by atoms with E-state index in [1.165, 1.54) is 6.42 Å². The maximum absolute atomic E-state index is 5.65. The Kier molecular flexibility index (Phi) is 2.63. The predicted molar refractivity (Wildman–Crippen MR) is 56.1 cm³/mol. The Morgan fingerprint density at radius 1 is 1.50 bits per heavy atom. The molecule has 1 saturated heterocycles. The van der Waals surface area contributed by atoms with Crippen LogP contribution in [0, 0.1) is 12.8 Å². The van der Waals surface area contributed by atoms with Crippen molar-refractivity contribution >= 4 is 5.82 Å². The van der Waals surface area contributed by atoms with Crippen LogP contribution in [0.3, 0.4) is 0 Å². The summed E-state index contributed by atoms with van der Waals surface area (Å²) < 4.78 is 0. The molecule has 1 aromatic heterocycles. The molecule has 76 valence electrons. The molecule has 0 radical (unpaired) electrons. The van der Waals surface area contributed by atoms with E-state index in [0.29, 0.717) is 5.92 Å². The van der Waals surface area contributed by atoms with E-state index in [9.17, 15) is 0 Å². The van der Waals surface area contributed by atoms with Crippen LogP contribution in [0.1, 0.15) is 12.1 Å². The molecule has 4 heteroatoms. The Morgan fingerprint density at radius 3 is 2.93 bits per heavy atom. The molecule has 0 spiro atoms. The van der Waals surface area contributed by atoms with Crippen LogP contribution >= 0.6 is 0 Å². The standard InChI is InChI=1S/C10H16N4/c1-8-10(13-4-3-12-8)14-5-2-9(6-11)7-14/h3-4,9H,2,5-7,11H2,1H3/t9-/m1/s1. The van der Waals surface area contributed by atoms with Gasteiger partial charge in [-0.05, 0) is 25.8 Å². The molecule has 2 N–H and O–H groups in total. The maximum atomic E-state index is 5.65. The number of hydrogen-bond acceptors (Lipinski definition) is 4. The van der Waals surface area contributed by atoms with Gasteiger partial charge in [0.25, 0.3) is 0 Å². The van der Waals surface area contributed by atoms with Crippen molar-refractivity contribution in [1.82, 2.24) is 9.97 Å². The molecule has 1 aliphatic rings. The van der Waals surface area contributed by atoms with Gasteiger partial charge in [0.15, 0.2) is 0 Å². The average molecular weight is 192 g/mol. The number of rotatable bonds is 2. The third-order valence-corrected chi connectivity index (χ3v) is 2.77. The molecule has 1 fully saturated rings. The van der Waals surface area contributed by atoms with Gasteiger partial charge in [-0.3, -0.25) is 4.98 Å². The summed E-state index contributed by atoms with van der Waals surface area (Å²) in [6, 6.07) is 0. The van der Waals surface area contributed by atoms with E-state index in [1.54, 1.807) is 12.4 Å². The Bertz CT molecular complexity index is 313. The van der Waals surface area contributed by atoms with Gasteiger partial charge in [0, 0.05) is 25.5 Å². The smallest absolute Gasteiger partial charge is 0.150 e. The van der Waals surface area contributed by atoms with Gasteiger partial charge in [0.2, 0.25) is 0 Å². The summed E-state index contributed by atoms with van der Waals surface area (Å²) in [5.74, 6) is 1.64. The summed E-state index contributed by atoms with van der Waals surface area (Å²) in [6.45, 7) is 4.85. The lowest BCUT2D eigenvalue weighted by Crippen LogP contribution is -2.24. The highest BCUT2D eigenvalue weighted by atomic mass is 15.2. The molecule has 14 heavy (non-hydrogen) atoms. The molecule has 0 amide bonds. The number of aromatic nitrogens is 2. The first-order valence-electron chi connectivity index (χ1n) is 5.04. The molecular weight excluding hydrogens is 176 g/mol. The van der Waals surface area contributed by atoms with Gasteiger partial charge in [-0.1, -0.05) is 0 Å². The Hall–Kier alpha value is -1.16. The van der Waals surface area contributed by atoms with Gasteiger partial charge in [0.1, 0.15) is 5.82 Å². The third kappa shape index (κ3) is 1.70. The topological polar surface area (TPSA) is 55.0 Å². The second-order valence-corrected chi connectivity index (χ2v) is 3.80. The zero-order chi connectivity index (χ0) is 9.97. The van der Waals surface area contributed by atoms with E-state index in [0.717, 1.165) is 31.1 Å². The van der Waals surface area contributed by atoms with Gasteiger partial charge in [-0.25, -0.2) is 4.98 Å². The van der Waals surface area contributed by atoms with Crippen molar-refractivity contribution < 1.29 is 0 Å². The Morgan fingerprint density at radius 2 is 2.29 bits per heavy atom. The quantitative estimate of drug-likeness (QED) is 0.744. The number of nitrogens with zero attached hydrogens (tertiary/aromatic N) is 3. The zero-order valence-electron chi connectivity index (χ0n) is 8.48. The minimum atomic E-state index is 0.622. The second-order valence-electron chi connectivity index (χ2n) is 3.80. The van der Waals surface area contributed by atoms with E-state index in [4.69, 9.17) is 5.73 Å². The lowest BCUT2D eigenvalue weighted by molar-refractivity contribution is 0.602. The van der Waals surface area contributed by atoms with Gasteiger partial charge < -0.3 is 10.6 Å². The van der Waals surface area contributed by atoms with Gasteiger partial charge in [0.05, 0.1) is 5.69 Å². The molecule has 0 bridgehead atoms.